The van der Waals surface area contributed by atoms with E-state index in [-0.39, 0.29) is 18.1 Å². The molecule has 0 radical (unpaired) electrons. The third kappa shape index (κ3) is 2.69. The van der Waals surface area contributed by atoms with Crippen LogP contribution in [0.4, 0.5) is 0 Å². The van der Waals surface area contributed by atoms with Crippen molar-refractivity contribution < 1.29 is 19.0 Å². The number of carbonyl (C=O) groups is 1. The quantitative estimate of drug-likeness (QED) is 0.866. The highest BCUT2D eigenvalue weighted by atomic mass is 16.6. The lowest BCUT2D eigenvalue weighted by Crippen LogP contribution is -2.53. The van der Waals surface area contributed by atoms with E-state index in [0.717, 1.165) is 0 Å². The van der Waals surface area contributed by atoms with Crippen molar-refractivity contribution in [3.63, 3.8) is 0 Å². The molecule has 2 unspecified atom stereocenters. The van der Waals surface area contributed by atoms with Crippen molar-refractivity contribution in [2.45, 2.75) is 19.1 Å². The van der Waals surface area contributed by atoms with E-state index in [0.29, 0.717) is 50.0 Å². The van der Waals surface area contributed by atoms with E-state index in [4.69, 9.17) is 19.9 Å². The summed E-state index contributed by atoms with van der Waals surface area (Å²) in [7, 11) is 0. The molecule has 0 aliphatic carbocycles. The van der Waals surface area contributed by atoms with E-state index in [1.165, 1.54) is 0 Å². The largest absolute Gasteiger partial charge is 0.486 e. The van der Waals surface area contributed by atoms with Crippen LogP contribution in [-0.4, -0.2) is 55.9 Å². The van der Waals surface area contributed by atoms with Crippen molar-refractivity contribution in [1.82, 2.24) is 4.90 Å². The van der Waals surface area contributed by atoms with Gasteiger partial charge in [0, 0.05) is 13.1 Å². The fourth-order valence-corrected chi connectivity index (χ4v) is 2.64. The third-order valence-electron chi connectivity index (χ3n) is 3.83. The molecule has 21 heavy (non-hydrogen) atoms. The lowest BCUT2D eigenvalue weighted by Gasteiger charge is -2.38. The number of hydrogen-bond acceptors (Lipinski definition) is 5. The molecule has 2 heterocycles. The van der Waals surface area contributed by atoms with Gasteiger partial charge in [-0.15, -0.1) is 0 Å². The summed E-state index contributed by atoms with van der Waals surface area (Å²) in [6.07, 6.45) is -0.109. The summed E-state index contributed by atoms with van der Waals surface area (Å²) in [5, 5.41) is 0. The molecule has 0 bridgehead atoms. The summed E-state index contributed by atoms with van der Waals surface area (Å²) >= 11 is 0. The second kappa shape index (κ2) is 5.91. The number of rotatable bonds is 2. The Bertz CT molecular complexity index is 534. The average Bonchev–Trinajstić information content (AvgIpc) is 2.54. The number of ether oxygens (including phenoxy) is 3. The Kier molecular flexibility index (Phi) is 3.98. The van der Waals surface area contributed by atoms with Crippen molar-refractivity contribution in [1.29, 1.82) is 0 Å². The van der Waals surface area contributed by atoms with Crippen LogP contribution in [-0.2, 0) is 4.74 Å². The van der Waals surface area contributed by atoms with Gasteiger partial charge in [0.05, 0.1) is 24.3 Å². The van der Waals surface area contributed by atoms with Crippen LogP contribution >= 0.6 is 0 Å². The Morgan fingerprint density at radius 3 is 3.00 bits per heavy atom. The SMILES string of the molecule is CC1COC(CN)CN1C(=O)c1cccc2c1OCCO2. The molecule has 1 aromatic carbocycles. The van der Waals surface area contributed by atoms with Gasteiger partial charge >= 0.3 is 0 Å². The zero-order chi connectivity index (χ0) is 14.8. The molecule has 1 fully saturated rings. The van der Waals surface area contributed by atoms with Gasteiger partial charge in [-0.2, -0.15) is 0 Å². The number of benzene rings is 1. The van der Waals surface area contributed by atoms with Gasteiger partial charge in [0.15, 0.2) is 11.5 Å². The van der Waals surface area contributed by atoms with Gasteiger partial charge in [0.2, 0.25) is 0 Å². The van der Waals surface area contributed by atoms with Gasteiger partial charge < -0.3 is 24.8 Å². The summed E-state index contributed by atoms with van der Waals surface area (Å²) in [6, 6.07) is 5.42. The van der Waals surface area contributed by atoms with Crippen molar-refractivity contribution in [2.24, 2.45) is 5.73 Å². The summed E-state index contributed by atoms with van der Waals surface area (Å²) < 4.78 is 16.8. The highest BCUT2D eigenvalue weighted by Crippen LogP contribution is 2.34. The molecule has 0 saturated carbocycles. The van der Waals surface area contributed by atoms with Gasteiger partial charge in [0.1, 0.15) is 13.2 Å². The second-order valence-electron chi connectivity index (χ2n) is 5.33. The smallest absolute Gasteiger partial charge is 0.258 e. The first-order chi connectivity index (χ1) is 10.2. The lowest BCUT2D eigenvalue weighted by molar-refractivity contribution is -0.0427. The molecule has 2 atom stereocenters. The number of fused-ring (bicyclic) bond motifs is 1. The number of hydrogen-bond donors (Lipinski definition) is 1. The summed E-state index contributed by atoms with van der Waals surface area (Å²) in [5.41, 5.74) is 6.19. The normalized spacial score (nSPS) is 24.8. The predicted octanol–water partition coefficient (Wildman–Crippen LogP) is 0.646. The van der Waals surface area contributed by atoms with Gasteiger partial charge in [0.25, 0.3) is 5.91 Å². The van der Waals surface area contributed by atoms with Crippen LogP contribution in [0.15, 0.2) is 18.2 Å². The Morgan fingerprint density at radius 2 is 2.19 bits per heavy atom. The number of para-hydroxylation sites is 1. The minimum Gasteiger partial charge on any atom is -0.486 e. The van der Waals surface area contributed by atoms with E-state index in [2.05, 4.69) is 0 Å². The number of nitrogens with zero attached hydrogens (tertiary/aromatic N) is 1. The number of carbonyl (C=O) groups excluding carboxylic acids is 1. The highest BCUT2D eigenvalue weighted by molar-refractivity contribution is 5.98. The van der Waals surface area contributed by atoms with E-state index in [1.807, 2.05) is 19.1 Å². The first-order valence-electron chi connectivity index (χ1n) is 7.22. The Hall–Kier alpha value is -1.79. The molecule has 6 nitrogen and oxygen atoms in total. The van der Waals surface area contributed by atoms with Crippen molar-refractivity contribution in [3.8, 4) is 11.5 Å². The standard InChI is InChI=1S/C15H20N2O4/c1-10-9-21-11(7-16)8-17(10)15(18)12-3-2-4-13-14(12)20-6-5-19-13/h2-4,10-11H,5-9,16H2,1H3. The Balaban J connectivity index is 1.87. The first kappa shape index (κ1) is 14.2. The molecule has 2 aliphatic rings. The minimum atomic E-state index is -0.109. The van der Waals surface area contributed by atoms with Crippen molar-refractivity contribution >= 4 is 5.91 Å². The second-order valence-corrected chi connectivity index (χ2v) is 5.33. The Morgan fingerprint density at radius 1 is 1.38 bits per heavy atom. The van der Waals surface area contributed by atoms with Gasteiger partial charge in [-0.1, -0.05) is 6.07 Å². The molecule has 114 valence electrons. The maximum atomic E-state index is 12.8. The molecule has 0 aromatic heterocycles. The molecular weight excluding hydrogens is 272 g/mol. The lowest BCUT2D eigenvalue weighted by atomic mass is 10.1. The third-order valence-corrected chi connectivity index (χ3v) is 3.83. The maximum absolute atomic E-state index is 12.8. The number of morpholine rings is 1. The van der Waals surface area contributed by atoms with Crippen LogP contribution in [0.5, 0.6) is 11.5 Å². The molecule has 6 heteroatoms. The van der Waals surface area contributed by atoms with E-state index in [1.54, 1.807) is 11.0 Å². The van der Waals surface area contributed by atoms with Gasteiger partial charge in [-0.25, -0.2) is 0 Å². The monoisotopic (exact) mass is 292 g/mol. The Labute approximate surface area is 123 Å². The molecule has 3 rings (SSSR count). The molecule has 0 spiro atoms. The van der Waals surface area contributed by atoms with Gasteiger partial charge in [-0.3, -0.25) is 4.79 Å². The van der Waals surface area contributed by atoms with Crippen molar-refractivity contribution in [3.05, 3.63) is 23.8 Å². The minimum absolute atomic E-state index is 0.0145. The molecule has 1 saturated heterocycles. The molecular formula is C15H20N2O4. The topological polar surface area (TPSA) is 74.0 Å². The van der Waals surface area contributed by atoms with Crippen LogP contribution in [0.1, 0.15) is 17.3 Å². The molecule has 2 N–H and O–H groups in total. The molecule has 1 aromatic rings. The molecule has 1 amide bonds. The summed E-state index contributed by atoms with van der Waals surface area (Å²) in [5.74, 6) is 1.10. The van der Waals surface area contributed by atoms with Crippen molar-refractivity contribution in [2.75, 3.05) is 32.9 Å². The van der Waals surface area contributed by atoms with E-state index >= 15 is 0 Å². The molecule has 2 aliphatic heterocycles. The summed E-state index contributed by atoms with van der Waals surface area (Å²) in [6.45, 7) is 4.34. The van der Waals surface area contributed by atoms with E-state index < -0.39 is 0 Å². The number of amides is 1. The first-order valence-corrected chi connectivity index (χ1v) is 7.22. The predicted molar refractivity (Wildman–Crippen MR) is 76.7 cm³/mol. The zero-order valence-corrected chi connectivity index (χ0v) is 12.1. The highest BCUT2D eigenvalue weighted by Gasteiger charge is 2.32. The number of nitrogens with two attached hydrogens (primary N) is 1. The fraction of sp³-hybridized carbons (Fsp3) is 0.533. The van der Waals surface area contributed by atoms with Crippen LogP contribution in [0, 0.1) is 0 Å². The average molecular weight is 292 g/mol. The maximum Gasteiger partial charge on any atom is 0.258 e. The fourth-order valence-electron chi connectivity index (χ4n) is 2.64. The van der Waals surface area contributed by atoms with Crippen LogP contribution in [0.25, 0.3) is 0 Å². The van der Waals surface area contributed by atoms with Crippen LogP contribution < -0.4 is 15.2 Å². The zero-order valence-electron chi connectivity index (χ0n) is 12.1. The van der Waals surface area contributed by atoms with E-state index in [9.17, 15) is 4.79 Å². The van der Waals surface area contributed by atoms with Crippen LogP contribution in [0.2, 0.25) is 0 Å². The van der Waals surface area contributed by atoms with Gasteiger partial charge in [-0.05, 0) is 19.1 Å². The summed E-state index contributed by atoms with van der Waals surface area (Å²) in [4.78, 5) is 14.6. The van der Waals surface area contributed by atoms with Crippen LogP contribution in [0.3, 0.4) is 0 Å².